The van der Waals surface area contributed by atoms with Gasteiger partial charge in [0.15, 0.2) is 0 Å². The molecule has 152 valence electrons. The molecule has 0 spiro atoms. The smallest absolute Gasteiger partial charge is 0.202 e. The van der Waals surface area contributed by atoms with Crippen molar-refractivity contribution < 1.29 is 33.9 Å². The molecule has 0 saturated heterocycles. The molecule has 0 aromatic carbocycles. The van der Waals surface area contributed by atoms with Crippen molar-refractivity contribution in [3.05, 3.63) is 0 Å². The van der Waals surface area contributed by atoms with E-state index >= 15 is 0 Å². The number of ether oxygens (including phenoxy) is 2. The van der Waals surface area contributed by atoms with Crippen LogP contribution in [0.2, 0.25) is 0 Å². The van der Waals surface area contributed by atoms with Crippen LogP contribution in [0.3, 0.4) is 0 Å². The Kier molecular flexibility index (Phi) is 12.4. The highest BCUT2D eigenvalue weighted by atomic mass is 31.2. The molecule has 8 heteroatoms. The quantitative estimate of drug-likeness (QED) is 0.370. The predicted molar refractivity (Wildman–Crippen MR) is 98.4 cm³/mol. The number of hydrogen-bond acceptors (Lipinski definition) is 7. The van der Waals surface area contributed by atoms with Crippen molar-refractivity contribution in [3.8, 4) is 0 Å². The molecule has 0 aliphatic carbocycles. The standard InChI is InChI=1S/C17H37O7P/c1-6-25(21,7-2)24-14(3)8-15(19)10-22-12-17(4,5)13-23-11-16(20)9-18/h14-16,18-20H,6-13H2,1-5H3. The molecule has 0 rings (SSSR count). The SMILES string of the molecule is CCP(=O)(CC)OC(C)CC(O)COCC(C)(C)COCC(O)CO. The van der Waals surface area contributed by atoms with Crippen LogP contribution in [0.4, 0.5) is 0 Å². The molecule has 0 aromatic rings. The first-order valence-electron chi connectivity index (χ1n) is 8.96. The number of aliphatic hydroxyl groups is 3. The lowest BCUT2D eigenvalue weighted by Crippen LogP contribution is -2.31. The van der Waals surface area contributed by atoms with Crippen LogP contribution < -0.4 is 0 Å². The molecule has 25 heavy (non-hydrogen) atoms. The average molecular weight is 384 g/mol. The Labute approximate surface area is 152 Å². The van der Waals surface area contributed by atoms with E-state index in [0.717, 1.165) is 0 Å². The van der Waals surface area contributed by atoms with Gasteiger partial charge in [-0.05, 0) is 6.92 Å². The van der Waals surface area contributed by atoms with Gasteiger partial charge in [-0.1, -0.05) is 27.7 Å². The lowest BCUT2D eigenvalue weighted by atomic mass is 9.96. The summed E-state index contributed by atoms with van der Waals surface area (Å²) < 4.78 is 28.8. The summed E-state index contributed by atoms with van der Waals surface area (Å²) in [5.41, 5.74) is -0.281. The van der Waals surface area contributed by atoms with Crippen LogP contribution in [0.5, 0.6) is 0 Å². The number of aliphatic hydroxyl groups excluding tert-OH is 3. The van der Waals surface area contributed by atoms with E-state index in [9.17, 15) is 14.8 Å². The lowest BCUT2D eigenvalue weighted by Gasteiger charge is -2.26. The maximum atomic E-state index is 12.3. The first-order valence-corrected chi connectivity index (χ1v) is 11.0. The van der Waals surface area contributed by atoms with Crippen LogP contribution in [0.1, 0.15) is 41.0 Å². The van der Waals surface area contributed by atoms with Crippen LogP contribution in [0.25, 0.3) is 0 Å². The van der Waals surface area contributed by atoms with Crippen molar-refractivity contribution in [2.45, 2.75) is 59.4 Å². The number of rotatable bonds is 15. The zero-order chi connectivity index (χ0) is 19.5. The van der Waals surface area contributed by atoms with Gasteiger partial charge in [0.1, 0.15) is 6.10 Å². The molecule has 0 heterocycles. The van der Waals surface area contributed by atoms with Crippen LogP contribution >= 0.6 is 7.37 Å². The highest BCUT2D eigenvalue weighted by Gasteiger charge is 2.24. The fraction of sp³-hybridized carbons (Fsp3) is 1.00. The minimum atomic E-state index is -2.58. The van der Waals surface area contributed by atoms with Crippen molar-refractivity contribution in [3.63, 3.8) is 0 Å². The van der Waals surface area contributed by atoms with Gasteiger partial charge in [-0.2, -0.15) is 0 Å². The third-order valence-electron chi connectivity index (χ3n) is 3.76. The Hall–Kier alpha value is -0.0100. The Balaban J connectivity index is 4.04. The summed E-state index contributed by atoms with van der Waals surface area (Å²) in [6, 6.07) is 0. The molecule has 0 radical (unpaired) electrons. The second kappa shape index (κ2) is 12.4. The van der Waals surface area contributed by atoms with Crippen LogP contribution in [0, 0.1) is 5.41 Å². The summed E-state index contributed by atoms with van der Waals surface area (Å²) in [5, 5.41) is 28.0. The monoisotopic (exact) mass is 384 g/mol. The molecule has 7 nitrogen and oxygen atoms in total. The van der Waals surface area contributed by atoms with E-state index in [1.165, 1.54) is 0 Å². The zero-order valence-electron chi connectivity index (χ0n) is 16.3. The summed E-state index contributed by atoms with van der Waals surface area (Å²) >= 11 is 0. The van der Waals surface area contributed by atoms with Gasteiger partial charge in [0.2, 0.25) is 7.37 Å². The normalized spacial score (nSPS) is 16.6. The topological polar surface area (TPSA) is 105 Å². The molecular weight excluding hydrogens is 347 g/mol. The van der Waals surface area contributed by atoms with Crippen molar-refractivity contribution in [1.82, 2.24) is 0 Å². The van der Waals surface area contributed by atoms with Gasteiger partial charge in [-0.3, -0.25) is 4.57 Å². The second-order valence-electron chi connectivity index (χ2n) is 7.28. The van der Waals surface area contributed by atoms with E-state index in [1.807, 2.05) is 34.6 Å². The van der Waals surface area contributed by atoms with E-state index in [4.69, 9.17) is 19.1 Å². The largest absolute Gasteiger partial charge is 0.394 e. The lowest BCUT2D eigenvalue weighted by molar-refractivity contribution is -0.0557. The van der Waals surface area contributed by atoms with Gasteiger partial charge in [0.25, 0.3) is 0 Å². The first-order chi connectivity index (χ1) is 11.6. The molecule has 0 fully saturated rings. The molecule has 3 unspecified atom stereocenters. The molecule has 3 atom stereocenters. The molecule has 0 bridgehead atoms. The van der Waals surface area contributed by atoms with Crippen LogP contribution in [-0.2, 0) is 18.6 Å². The molecular formula is C17H37O7P. The van der Waals surface area contributed by atoms with Crippen molar-refractivity contribution in [2.24, 2.45) is 5.41 Å². The summed E-state index contributed by atoms with van der Waals surface area (Å²) in [4.78, 5) is 0. The molecule has 0 aliphatic rings. The fourth-order valence-electron chi connectivity index (χ4n) is 2.23. The molecule has 0 saturated carbocycles. The van der Waals surface area contributed by atoms with Gasteiger partial charge in [0, 0.05) is 24.2 Å². The van der Waals surface area contributed by atoms with Gasteiger partial charge >= 0.3 is 0 Å². The average Bonchev–Trinajstić information content (AvgIpc) is 2.53. The second-order valence-corrected chi connectivity index (χ2v) is 10.4. The molecule has 0 amide bonds. The highest BCUT2D eigenvalue weighted by Crippen LogP contribution is 2.47. The van der Waals surface area contributed by atoms with Crippen molar-refractivity contribution in [2.75, 3.05) is 45.4 Å². The maximum absolute atomic E-state index is 12.3. The fourth-order valence-corrected chi connectivity index (χ4v) is 3.72. The van der Waals surface area contributed by atoms with Gasteiger partial charge in [-0.15, -0.1) is 0 Å². The van der Waals surface area contributed by atoms with Crippen molar-refractivity contribution >= 4 is 7.37 Å². The van der Waals surface area contributed by atoms with Crippen molar-refractivity contribution in [1.29, 1.82) is 0 Å². The minimum Gasteiger partial charge on any atom is -0.394 e. The first kappa shape index (κ1) is 25.0. The molecule has 0 aromatic heterocycles. The van der Waals surface area contributed by atoms with E-state index < -0.39 is 19.6 Å². The Morgan fingerprint density at radius 1 is 1.00 bits per heavy atom. The van der Waals surface area contributed by atoms with E-state index in [2.05, 4.69) is 0 Å². The van der Waals surface area contributed by atoms with Crippen LogP contribution in [-0.4, -0.2) is 79.0 Å². The maximum Gasteiger partial charge on any atom is 0.202 e. The Bertz CT molecular complexity index is 381. The summed E-state index contributed by atoms with van der Waals surface area (Å²) in [5.74, 6) is 0. The predicted octanol–water partition coefficient (Wildman–Crippen LogP) is 1.87. The number of hydrogen-bond donors (Lipinski definition) is 3. The minimum absolute atomic E-state index is 0.0757. The van der Waals surface area contributed by atoms with Gasteiger partial charge < -0.3 is 29.3 Å². The zero-order valence-corrected chi connectivity index (χ0v) is 17.2. The third-order valence-corrected chi connectivity index (χ3v) is 6.43. The van der Waals surface area contributed by atoms with Gasteiger partial charge in [-0.25, -0.2) is 0 Å². The Morgan fingerprint density at radius 2 is 1.48 bits per heavy atom. The van der Waals surface area contributed by atoms with Crippen LogP contribution in [0.15, 0.2) is 0 Å². The van der Waals surface area contributed by atoms with E-state index in [1.54, 1.807) is 0 Å². The molecule has 0 aliphatic heterocycles. The highest BCUT2D eigenvalue weighted by molar-refractivity contribution is 7.58. The summed E-state index contributed by atoms with van der Waals surface area (Å²) in [6.07, 6.45) is -0.490. The molecule has 3 N–H and O–H groups in total. The van der Waals surface area contributed by atoms with Gasteiger partial charge in [0.05, 0.1) is 45.2 Å². The third kappa shape index (κ3) is 12.1. The summed E-state index contributed by atoms with van der Waals surface area (Å²) in [6.45, 7) is 10.1. The van der Waals surface area contributed by atoms with E-state index in [0.29, 0.717) is 32.0 Å². The summed E-state index contributed by atoms with van der Waals surface area (Å²) in [7, 11) is -2.58. The van der Waals surface area contributed by atoms with E-state index in [-0.39, 0.29) is 31.3 Å². The Morgan fingerprint density at radius 3 is 1.92 bits per heavy atom.